The highest BCUT2D eigenvalue weighted by atomic mass is 16.4. The minimum Gasteiger partial charge on any atom is -0.422 e. The summed E-state index contributed by atoms with van der Waals surface area (Å²) in [6, 6.07) is 14.3. The third kappa shape index (κ3) is 5.21. The van der Waals surface area contributed by atoms with Crippen LogP contribution >= 0.6 is 0 Å². The first-order valence-electron chi connectivity index (χ1n) is 10.2. The number of benzene rings is 2. The van der Waals surface area contributed by atoms with Crippen LogP contribution in [0.5, 0.6) is 0 Å². The summed E-state index contributed by atoms with van der Waals surface area (Å²) in [7, 11) is 2.15. The van der Waals surface area contributed by atoms with Crippen molar-refractivity contribution in [2.24, 2.45) is 0 Å². The van der Waals surface area contributed by atoms with Gasteiger partial charge < -0.3 is 9.32 Å². The average molecular weight is 392 g/mol. The van der Waals surface area contributed by atoms with E-state index in [0.29, 0.717) is 18.3 Å². The Morgan fingerprint density at radius 1 is 1.03 bits per heavy atom. The molecule has 1 heterocycles. The minimum absolute atomic E-state index is 0.165. The summed E-state index contributed by atoms with van der Waals surface area (Å²) in [4.78, 5) is 26.0. The molecule has 0 amide bonds. The smallest absolute Gasteiger partial charge is 0.347 e. The summed E-state index contributed by atoms with van der Waals surface area (Å²) in [6.07, 6.45) is 4.41. The van der Waals surface area contributed by atoms with Gasteiger partial charge in [-0.05, 0) is 75.0 Å². The number of unbranched alkanes of at least 4 members (excludes halogenated alkanes) is 2. The molecular formula is C25H29NO3. The average Bonchev–Trinajstić information content (AvgIpc) is 2.69. The van der Waals surface area contributed by atoms with Gasteiger partial charge in [-0.3, -0.25) is 4.79 Å². The van der Waals surface area contributed by atoms with Crippen LogP contribution in [0.2, 0.25) is 0 Å². The van der Waals surface area contributed by atoms with Gasteiger partial charge in [0, 0.05) is 11.9 Å². The van der Waals surface area contributed by atoms with Crippen molar-refractivity contribution in [1.82, 2.24) is 4.90 Å². The van der Waals surface area contributed by atoms with E-state index in [9.17, 15) is 9.59 Å². The molecule has 1 aromatic heterocycles. The van der Waals surface area contributed by atoms with Crippen LogP contribution in [0, 0.1) is 13.8 Å². The molecule has 0 saturated carbocycles. The molecule has 0 radical (unpaired) electrons. The lowest BCUT2D eigenvalue weighted by molar-refractivity contribution is 0.111. The van der Waals surface area contributed by atoms with Crippen LogP contribution in [0.25, 0.3) is 11.0 Å². The molecule has 152 valence electrons. The summed E-state index contributed by atoms with van der Waals surface area (Å²) < 4.78 is 5.34. The molecule has 3 aromatic rings. The summed E-state index contributed by atoms with van der Waals surface area (Å²) in [5.41, 5.74) is 4.73. The number of carbonyl (C=O) groups excluding carboxylic acids is 1. The van der Waals surface area contributed by atoms with Gasteiger partial charge >= 0.3 is 5.63 Å². The first-order chi connectivity index (χ1) is 14.0. The van der Waals surface area contributed by atoms with E-state index in [-0.39, 0.29) is 5.56 Å². The number of aldehydes is 1. The molecule has 4 nitrogen and oxygen atoms in total. The minimum atomic E-state index is -0.536. The third-order valence-corrected chi connectivity index (χ3v) is 5.50. The molecule has 2 aromatic carbocycles. The second kappa shape index (κ2) is 9.66. The van der Waals surface area contributed by atoms with E-state index in [1.165, 1.54) is 11.1 Å². The van der Waals surface area contributed by atoms with Gasteiger partial charge in [-0.25, -0.2) is 4.79 Å². The zero-order chi connectivity index (χ0) is 20.8. The van der Waals surface area contributed by atoms with Crippen LogP contribution in [-0.2, 0) is 13.0 Å². The Kier molecular flexibility index (Phi) is 6.99. The Morgan fingerprint density at radius 2 is 1.83 bits per heavy atom. The van der Waals surface area contributed by atoms with E-state index < -0.39 is 5.63 Å². The van der Waals surface area contributed by atoms with Gasteiger partial charge in [-0.1, -0.05) is 42.8 Å². The quantitative estimate of drug-likeness (QED) is 0.290. The molecule has 0 N–H and O–H groups in total. The number of fused-ring (bicyclic) bond motifs is 1. The molecule has 0 unspecified atom stereocenters. The number of hydrogen-bond donors (Lipinski definition) is 0. The predicted octanol–water partition coefficient (Wildman–Crippen LogP) is 5.07. The molecule has 29 heavy (non-hydrogen) atoms. The molecule has 0 spiro atoms. The highest BCUT2D eigenvalue weighted by Gasteiger charge is 2.14. The summed E-state index contributed by atoms with van der Waals surface area (Å²) >= 11 is 0. The topological polar surface area (TPSA) is 50.5 Å². The molecule has 0 saturated heterocycles. The lowest BCUT2D eigenvalue weighted by Gasteiger charge is -2.18. The third-order valence-electron chi connectivity index (χ3n) is 5.50. The number of hydrogen-bond acceptors (Lipinski definition) is 4. The van der Waals surface area contributed by atoms with Crippen LogP contribution in [0.1, 0.15) is 51.9 Å². The summed E-state index contributed by atoms with van der Waals surface area (Å²) in [6.45, 7) is 6.08. The molecule has 0 bridgehead atoms. The van der Waals surface area contributed by atoms with Crippen molar-refractivity contribution >= 4 is 17.3 Å². The molecular weight excluding hydrogens is 362 g/mol. The molecule has 0 aliphatic heterocycles. The Labute approximate surface area is 172 Å². The predicted molar refractivity (Wildman–Crippen MR) is 118 cm³/mol. The van der Waals surface area contributed by atoms with Crippen molar-refractivity contribution in [3.05, 3.63) is 80.7 Å². The lowest BCUT2D eigenvalue weighted by atomic mass is 9.98. The van der Waals surface area contributed by atoms with Gasteiger partial charge in [-0.2, -0.15) is 0 Å². The Hall–Kier alpha value is -2.72. The lowest BCUT2D eigenvalue weighted by Crippen LogP contribution is -2.19. The largest absolute Gasteiger partial charge is 0.422 e. The molecule has 0 fully saturated rings. The maximum absolute atomic E-state index is 12.2. The van der Waals surface area contributed by atoms with Crippen LogP contribution < -0.4 is 5.63 Å². The van der Waals surface area contributed by atoms with Crippen molar-refractivity contribution in [1.29, 1.82) is 0 Å². The van der Waals surface area contributed by atoms with Gasteiger partial charge in [0.2, 0.25) is 0 Å². The first kappa shape index (κ1) is 21.0. The fourth-order valence-electron chi connectivity index (χ4n) is 3.79. The van der Waals surface area contributed by atoms with Gasteiger partial charge in [0.25, 0.3) is 0 Å². The Bertz CT molecular complexity index is 1050. The zero-order valence-electron chi connectivity index (χ0n) is 17.5. The SMILES string of the molecule is Cc1ccc2c(CCCCCN(C)Cc3ccccc3C)c(C=O)c(=O)oc2c1. The normalized spacial score (nSPS) is 11.3. The van der Waals surface area contributed by atoms with Crippen LogP contribution in [-0.4, -0.2) is 24.8 Å². The van der Waals surface area contributed by atoms with Crippen molar-refractivity contribution in [3.63, 3.8) is 0 Å². The summed E-state index contributed by atoms with van der Waals surface area (Å²) in [5.74, 6) is 0. The summed E-state index contributed by atoms with van der Waals surface area (Å²) in [5, 5.41) is 0.869. The monoisotopic (exact) mass is 391 g/mol. The van der Waals surface area contributed by atoms with E-state index in [2.05, 4.69) is 43.1 Å². The standard InChI is InChI=1S/C25H29NO3/c1-18-12-13-22-21(23(17-27)25(28)29-24(22)15-18)11-5-4-8-14-26(3)16-20-10-7-6-9-19(20)2/h6-7,9-10,12-13,15,17H,4-5,8,11,14,16H2,1-3H3. The van der Waals surface area contributed by atoms with Gasteiger partial charge in [0.05, 0.1) is 0 Å². The van der Waals surface area contributed by atoms with Crippen molar-refractivity contribution in [2.75, 3.05) is 13.6 Å². The van der Waals surface area contributed by atoms with E-state index in [1.54, 1.807) is 0 Å². The fourth-order valence-corrected chi connectivity index (χ4v) is 3.79. The van der Waals surface area contributed by atoms with E-state index in [0.717, 1.165) is 48.9 Å². The zero-order valence-corrected chi connectivity index (χ0v) is 17.5. The second-order valence-corrected chi connectivity index (χ2v) is 7.87. The van der Waals surface area contributed by atoms with Crippen molar-refractivity contribution < 1.29 is 9.21 Å². The Balaban J connectivity index is 1.58. The molecule has 3 rings (SSSR count). The van der Waals surface area contributed by atoms with Crippen LogP contribution in [0.3, 0.4) is 0 Å². The first-order valence-corrected chi connectivity index (χ1v) is 10.2. The fraction of sp³-hybridized carbons (Fsp3) is 0.360. The molecule has 4 heteroatoms. The van der Waals surface area contributed by atoms with Crippen molar-refractivity contribution in [3.8, 4) is 0 Å². The highest BCUT2D eigenvalue weighted by molar-refractivity contribution is 5.89. The van der Waals surface area contributed by atoms with Gasteiger partial charge in [-0.15, -0.1) is 0 Å². The van der Waals surface area contributed by atoms with E-state index >= 15 is 0 Å². The second-order valence-electron chi connectivity index (χ2n) is 7.87. The number of rotatable bonds is 9. The maximum Gasteiger partial charge on any atom is 0.347 e. The number of nitrogens with zero attached hydrogens (tertiary/aromatic N) is 1. The molecule has 0 atom stereocenters. The van der Waals surface area contributed by atoms with Crippen molar-refractivity contribution in [2.45, 2.75) is 46.1 Å². The van der Waals surface area contributed by atoms with Gasteiger partial charge in [0.1, 0.15) is 11.1 Å². The molecule has 0 aliphatic rings. The van der Waals surface area contributed by atoms with Crippen LogP contribution in [0.4, 0.5) is 0 Å². The molecule has 0 aliphatic carbocycles. The Morgan fingerprint density at radius 3 is 2.59 bits per heavy atom. The highest BCUT2D eigenvalue weighted by Crippen LogP contribution is 2.23. The van der Waals surface area contributed by atoms with Gasteiger partial charge in [0.15, 0.2) is 6.29 Å². The number of carbonyl (C=O) groups is 1. The maximum atomic E-state index is 12.2. The van der Waals surface area contributed by atoms with E-state index in [4.69, 9.17) is 4.42 Å². The van der Waals surface area contributed by atoms with E-state index in [1.807, 2.05) is 25.1 Å². The number of aryl methyl sites for hydroxylation is 3. The van der Waals surface area contributed by atoms with Crippen LogP contribution in [0.15, 0.2) is 51.7 Å².